The van der Waals surface area contributed by atoms with Gasteiger partial charge in [-0.15, -0.1) is 0 Å². The van der Waals surface area contributed by atoms with Gasteiger partial charge >= 0.3 is 17.4 Å². The summed E-state index contributed by atoms with van der Waals surface area (Å²) < 4.78 is 17.0. The predicted molar refractivity (Wildman–Crippen MR) is 102 cm³/mol. The second-order valence-corrected chi connectivity index (χ2v) is 6.49. The summed E-state index contributed by atoms with van der Waals surface area (Å²) in [7, 11) is 0. The van der Waals surface area contributed by atoms with Crippen LogP contribution in [0.1, 0.15) is 17.5 Å². The third-order valence-corrected chi connectivity index (χ3v) is 4.49. The van der Waals surface area contributed by atoms with Crippen LogP contribution in [0.3, 0.4) is 0 Å². The minimum absolute atomic E-state index is 0.00190. The summed E-state index contributed by atoms with van der Waals surface area (Å²) in [6.07, 6.45) is 0.00190. The van der Waals surface area contributed by atoms with Crippen LogP contribution in [-0.2, 0) is 22.7 Å². The first-order chi connectivity index (χ1) is 13.5. The summed E-state index contributed by atoms with van der Waals surface area (Å²) in [6.45, 7) is 1.99. The monoisotopic (exact) mass is 379 g/mol. The van der Waals surface area contributed by atoms with Gasteiger partial charge in [-0.25, -0.2) is 9.59 Å². The molecule has 28 heavy (non-hydrogen) atoms. The third-order valence-electron chi connectivity index (χ3n) is 4.49. The number of para-hydroxylation sites is 2. The highest BCUT2D eigenvalue weighted by Crippen LogP contribution is 2.19. The Labute approximate surface area is 158 Å². The van der Waals surface area contributed by atoms with Crippen LogP contribution in [-0.4, -0.2) is 10.5 Å². The quantitative estimate of drug-likeness (QED) is 0.391. The lowest BCUT2D eigenvalue weighted by molar-refractivity contribution is -0.145. The number of ether oxygens (including phenoxy) is 1. The van der Waals surface area contributed by atoms with Crippen molar-refractivity contribution in [1.29, 1.82) is 0 Å². The second-order valence-electron chi connectivity index (χ2n) is 6.49. The lowest BCUT2D eigenvalue weighted by Gasteiger charge is -2.08. The number of carbonyl (C=O) groups excluding carboxylic acids is 1. The smallest absolute Gasteiger partial charge is 0.419 e. The van der Waals surface area contributed by atoms with Crippen LogP contribution in [0.25, 0.3) is 22.1 Å². The maximum Gasteiger partial charge on any atom is 0.419 e. The van der Waals surface area contributed by atoms with E-state index in [9.17, 15) is 14.4 Å². The molecule has 0 amide bonds. The molecular weight excluding hydrogens is 362 g/mol. The molecule has 0 bridgehead atoms. The van der Waals surface area contributed by atoms with Crippen molar-refractivity contribution < 1.29 is 18.4 Å². The van der Waals surface area contributed by atoms with Crippen LogP contribution in [0.5, 0.6) is 0 Å². The van der Waals surface area contributed by atoms with Crippen molar-refractivity contribution in [1.82, 2.24) is 4.57 Å². The molecule has 0 aliphatic rings. The van der Waals surface area contributed by atoms with E-state index in [0.29, 0.717) is 22.2 Å². The zero-order valence-corrected chi connectivity index (χ0v) is 15.1. The number of fused-ring (bicyclic) bond motifs is 2. The molecule has 2 aromatic carbocycles. The Hall–Kier alpha value is -3.61. The number of rotatable bonds is 5. The summed E-state index contributed by atoms with van der Waals surface area (Å²) in [6, 6.07) is 13.8. The average Bonchev–Trinajstić information content (AvgIpc) is 2.99. The van der Waals surface area contributed by atoms with E-state index in [2.05, 4.69) is 0 Å². The molecule has 7 nitrogen and oxygen atoms in total. The third kappa shape index (κ3) is 3.46. The fourth-order valence-corrected chi connectivity index (χ4v) is 3.12. The summed E-state index contributed by atoms with van der Waals surface area (Å²) >= 11 is 0. The fourth-order valence-electron chi connectivity index (χ4n) is 3.12. The van der Waals surface area contributed by atoms with Crippen LogP contribution in [0, 0.1) is 6.92 Å². The highest BCUT2D eigenvalue weighted by atomic mass is 16.5. The van der Waals surface area contributed by atoms with Crippen molar-refractivity contribution >= 4 is 28.0 Å². The highest BCUT2D eigenvalue weighted by Gasteiger charge is 2.12. The molecule has 0 radical (unpaired) electrons. The zero-order chi connectivity index (χ0) is 19.7. The Balaban J connectivity index is 1.46. The van der Waals surface area contributed by atoms with Gasteiger partial charge in [0.2, 0.25) is 0 Å². The van der Waals surface area contributed by atoms with Gasteiger partial charge in [0, 0.05) is 23.6 Å². The number of oxazole rings is 1. The largest absolute Gasteiger partial charge is 0.461 e. The SMILES string of the molecule is Cc1ccc2c(COC(=O)CCn3c(=O)oc4ccccc43)cc(=O)oc2c1. The number of esters is 1. The van der Waals surface area contributed by atoms with Crippen molar-refractivity contribution in [3.05, 3.63) is 80.6 Å². The van der Waals surface area contributed by atoms with E-state index in [1.165, 1.54) is 10.6 Å². The summed E-state index contributed by atoms with van der Waals surface area (Å²) in [4.78, 5) is 35.9. The molecule has 4 aromatic rings. The van der Waals surface area contributed by atoms with Gasteiger partial charge < -0.3 is 13.6 Å². The Morgan fingerprint density at radius 1 is 1.04 bits per heavy atom. The van der Waals surface area contributed by atoms with Crippen molar-refractivity contribution in [2.75, 3.05) is 0 Å². The van der Waals surface area contributed by atoms with Gasteiger partial charge in [-0.2, -0.15) is 0 Å². The molecule has 2 heterocycles. The number of hydrogen-bond donors (Lipinski definition) is 0. The minimum atomic E-state index is -0.518. The summed E-state index contributed by atoms with van der Waals surface area (Å²) in [5.41, 5.74) is 2.59. The molecule has 2 aromatic heterocycles. The molecule has 0 fully saturated rings. The Morgan fingerprint density at radius 3 is 2.71 bits per heavy atom. The minimum Gasteiger partial charge on any atom is -0.461 e. The molecular formula is C21H17NO6. The zero-order valence-electron chi connectivity index (χ0n) is 15.1. The Kier molecular flexibility index (Phi) is 4.57. The van der Waals surface area contributed by atoms with E-state index in [-0.39, 0.29) is 19.6 Å². The summed E-state index contributed by atoms with van der Waals surface area (Å²) in [5.74, 6) is -0.998. The molecule has 0 atom stereocenters. The lowest BCUT2D eigenvalue weighted by atomic mass is 10.1. The van der Waals surface area contributed by atoms with E-state index >= 15 is 0 Å². The van der Waals surface area contributed by atoms with Crippen molar-refractivity contribution in [2.24, 2.45) is 0 Å². The van der Waals surface area contributed by atoms with Crippen LogP contribution in [0.4, 0.5) is 0 Å². The highest BCUT2D eigenvalue weighted by molar-refractivity contribution is 5.81. The Bertz CT molecular complexity index is 1290. The molecule has 0 aliphatic heterocycles. The summed E-state index contributed by atoms with van der Waals surface area (Å²) in [5, 5.41) is 0.718. The van der Waals surface area contributed by atoms with Gasteiger partial charge in [-0.3, -0.25) is 9.36 Å². The van der Waals surface area contributed by atoms with Crippen molar-refractivity contribution in [3.63, 3.8) is 0 Å². The first kappa shape index (κ1) is 17.8. The number of carbonyl (C=O) groups is 1. The second kappa shape index (κ2) is 7.19. The molecule has 7 heteroatoms. The van der Waals surface area contributed by atoms with Crippen molar-refractivity contribution in [2.45, 2.75) is 26.5 Å². The van der Waals surface area contributed by atoms with Gasteiger partial charge in [0.25, 0.3) is 0 Å². The van der Waals surface area contributed by atoms with Gasteiger partial charge in [0.1, 0.15) is 12.2 Å². The topological polar surface area (TPSA) is 91.6 Å². The molecule has 0 N–H and O–H groups in total. The number of hydrogen-bond acceptors (Lipinski definition) is 6. The Morgan fingerprint density at radius 2 is 1.86 bits per heavy atom. The molecule has 142 valence electrons. The van der Waals surface area contributed by atoms with E-state index in [1.807, 2.05) is 19.1 Å². The van der Waals surface area contributed by atoms with Crippen LogP contribution < -0.4 is 11.4 Å². The molecule has 4 rings (SSSR count). The molecule has 0 unspecified atom stereocenters. The van der Waals surface area contributed by atoms with Gasteiger partial charge in [0.05, 0.1) is 11.9 Å². The maximum atomic E-state index is 12.2. The standard InChI is InChI=1S/C21H17NO6/c1-13-6-7-15-14(11-20(24)27-18(15)10-13)12-26-19(23)8-9-22-16-4-2-3-5-17(16)28-21(22)25/h2-7,10-11H,8-9,12H2,1H3. The van der Waals surface area contributed by atoms with E-state index in [4.69, 9.17) is 13.6 Å². The van der Waals surface area contributed by atoms with E-state index in [1.54, 1.807) is 30.3 Å². The molecule has 0 aliphatic carbocycles. The fraction of sp³-hybridized carbons (Fsp3) is 0.190. The van der Waals surface area contributed by atoms with Crippen LogP contribution in [0.15, 0.2) is 67.0 Å². The van der Waals surface area contributed by atoms with Crippen LogP contribution >= 0.6 is 0 Å². The van der Waals surface area contributed by atoms with E-state index < -0.39 is 17.4 Å². The van der Waals surface area contributed by atoms with Gasteiger partial charge in [-0.1, -0.05) is 24.3 Å². The van der Waals surface area contributed by atoms with Crippen LogP contribution in [0.2, 0.25) is 0 Å². The lowest BCUT2D eigenvalue weighted by Crippen LogP contribution is -2.17. The van der Waals surface area contributed by atoms with E-state index in [0.717, 1.165) is 10.9 Å². The molecule has 0 spiro atoms. The normalized spacial score (nSPS) is 11.2. The van der Waals surface area contributed by atoms with Gasteiger partial charge in [-0.05, 0) is 30.7 Å². The molecule has 0 saturated heterocycles. The van der Waals surface area contributed by atoms with Crippen molar-refractivity contribution in [3.8, 4) is 0 Å². The van der Waals surface area contributed by atoms with Gasteiger partial charge in [0.15, 0.2) is 5.58 Å². The average molecular weight is 379 g/mol. The maximum absolute atomic E-state index is 12.2. The number of aromatic nitrogens is 1. The first-order valence-electron chi connectivity index (χ1n) is 8.78. The first-order valence-corrected chi connectivity index (χ1v) is 8.78. The number of aryl methyl sites for hydroxylation is 2. The number of benzene rings is 2. The molecule has 0 saturated carbocycles. The number of nitrogens with zero attached hydrogens (tertiary/aromatic N) is 1. The predicted octanol–water partition coefficient (Wildman–Crippen LogP) is 3.14.